The molecule has 0 saturated carbocycles. The molecule has 3 heteroatoms. The van der Waals surface area contributed by atoms with Gasteiger partial charge in [0.2, 0.25) is 0 Å². The second kappa shape index (κ2) is 3.85. The fraction of sp³-hybridized carbons (Fsp3) is 0.900. The van der Waals surface area contributed by atoms with Gasteiger partial charge in [-0.3, -0.25) is 4.79 Å². The standard InChI is InChI=1S/C10H18NO.HI/c1-11(2)8-3-4-9(11)7-10(12)6-5-8;/h8-9H,3-7H2,1-2H3;1H/q+1;/p-1. The number of halogens is 1. The SMILES string of the molecule is C[N+]1(C)C2CCC(=O)CC1CC2.[I-]. The number of carbonyl (C=O) groups is 1. The van der Waals surface area contributed by atoms with E-state index in [2.05, 4.69) is 14.1 Å². The second-order valence-corrected chi connectivity index (χ2v) is 4.80. The summed E-state index contributed by atoms with van der Waals surface area (Å²) < 4.78 is 1.10. The molecule has 2 heterocycles. The first kappa shape index (κ1) is 11.4. The van der Waals surface area contributed by atoms with Gasteiger partial charge >= 0.3 is 0 Å². The van der Waals surface area contributed by atoms with Gasteiger partial charge in [0.15, 0.2) is 0 Å². The molecular formula is C10H18INO. The molecule has 2 saturated heterocycles. The molecule has 0 aromatic rings. The molecule has 2 fully saturated rings. The first-order chi connectivity index (χ1) is 5.60. The maximum absolute atomic E-state index is 11.4. The van der Waals surface area contributed by atoms with Gasteiger partial charge in [0.25, 0.3) is 0 Å². The van der Waals surface area contributed by atoms with Crippen molar-refractivity contribution in [1.29, 1.82) is 0 Å². The molecule has 0 aromatic carbocycles. The van der Waals surface area contributed by atoms with Gasteiger partial charge in [-0.1, -0.05) is 0 Å². The minimum absolute atomic E-state index is 0. The summed E-state index contributed by atoms with van der Waals surface area (Å²) in [5.41, 5.74) is 0. The summed E-state index contributed by atoms with van der Waals surface area (Å²) in [6.07, 6.45) is 5.41. The van der Waals surface area contributed by atoms with E-state index in [1.165, 1.54) is 12.8 Å². The first-order valence-corrected chi connectivity index (χ1v) is 4.96. The largest absolute Gasteiger partial charge is 1.00 e. The molecule has 2 atom stereocenters. The van der Waals surface area contributed by atoms with Crippen LogP contribution in [-0.2, 0) is 4.79 Å². The Morgan fingerprint density at radius 2 is 1.77 bits per heavy atom. The van der Waals surface area contributed by atoms with E-state index in [0.29, 0.717) is 11.8 Å². The molecule has 2 nitrogen and oxygen atoms in total. The third-order valence-corrected chi connectivity index (χ3v) is 3.94. The molecular weight excluding hydrogens is 277 g/mol. The van der Waals surface area contributed by atoms with Crippen LogP contribution in [-0.4, -0.2) is 36.4 Å². The van der Waals surface area contributed by atoms with Crippen LogP contribution in [0.25, 0.3) is 0 Å². The molecule has 2 aliphatic heterocycles. The van der Waals surface area contributed by atoms with E-state index in [4.69, 9.17) is 0 Å². The van der Waals surface area contributed by atoms with Crippen LogP contribution in [0.3, 0.4) is 0 Å². The predicted molar refractivity (Wildman–Crippen MR) is 47.8 cm³/mol. The number of hydrogen-bond acceptors (Lipinski definition) is 1. The highest BCUT2D eigenvalue weighted by Crippen LogP contribution is 2.36. The summed E-state index contributed by atoms with van der Waals surface area (Å²) in [7, 11) is 4.59. The van der Waals surface area contributed by atoms with E-state index in [-0.39, 0.29) is 24.0 Å². The highest BCUT2D eigenvalue weighted by Gasteiger charge is 2.45. The molecule has 2 bridgehead atoms. The number of nitrogens with zero attached hydrogens (tertiary/aromatic N) is 1. The van der Waals surface area contributed by atoms with Crippen LogP contribution in [0.2, 0.25) is 0 Å². The summed E-state index contributed by atoms with van der Waals surface area (Å²) in [6.45, 7) is 0. The zero-order valence-electron chi connectivity index (χ0n) is 8.42. The lowest BCUT2D eigenvalue weighted by molar-refractivity contribution is -0.924. The maximum Gasteiger partial charge on any atom is 0.139 e. The monoisotopic (exact) mass is 295 g/mol. The van der Waals surface area contributed by atoms with Gasteiger partial charge in [0.05, 0.1) is 32.6 Å². The Bertz CT molecular complexity index is 215. The first-order valence-electron chi connectivity index (χ1n) is 4.96. The van der Waals surface area contributed by atoms with E-state index in [0.717, 1.165) is 29.8 Å². The zero-order chi connectivity index (χ0) is 8.77. The molecule has 0 aromatic heterocycles. The highest BCUT2D eigenvalue weighted by molar-refractivity contribution is 5.79. The minimum atomic E-state index is 0. The van der Waals surface area contributed by atoms with Gasteiger partial charge < -0.3 is 28.5 Å². The Balaban J connectivity index is 0.000000845. The zero-order valence-corrected chi connectivity index (χ0v) is 10.6. The van der Waals surface area contributed by atoms with E-state index >= 15 is 0 Å². The highest BCUT2D eigenvalue weighted by atomic mass is 127. The van der Waals surface area contributed by atoms with E-state index in [9.17, 15) is 4.79 Å². The van der Waals surface area contributed by atoms with Crippen molar-refractivity contribution in [2.75, 3.05) is 14.1 Å². The van der Waals surface area contributed by atoms with Crippen molar-refractivity contribution in [3.05, 3.63) is 0 Å². The van der Waals surface area contributed by atoms with Crippen molar-refractivity contribution < 1.29 is 33.3 Å². The van der Waals surface area contributed by atoms with Gasteiger partial charge in [-0.15, -0.1) is 0 Å². The minimum Gasteiger partial charge on any atom is -1.00 e. The number of Topliss-reactive ketones (excluding diaryl/α,β-unsaturated/α-hetero) is 1. The molecule has 76 valence electrons. The summed E-state index contributed by atoms with van der Waals surface area (Å²) in [5, 5.41) is 0. The van der Waals surface area contributed by atoms with Gasteiger partial charge in [0.1, 0.15) is 5.78 Å². The number of hydrogen-bond donors (Lipinski definition) is 0. The molecule has 2 unspecified atom stereocenters. The fourth-order valence-electron chi connectivity index (χ4n) is 2.86. The lowest BCUT2D eigenvalue weighted by Gasteiger charge is -2.35. The third kappa shape index (κ3) is 1.91. The molecule has 2 rings (SSSR count). The molecule has 0 aliphatic carbocycles. The fourth-order valence-corrected chi connectivity index (χ4v) is 2.86. The van der Waals surface area contributed by atoms with Crippen LogP contribution < -0.4 is 24.0 Å². The van der Waals surface area contributed by atoms with Crippen LogP contribution in [0.4, 0.5) is 0 Å². The van der Waals surface area contributed by atoms with Crippen molar-refractivity contribution in [2.45, 2.75) is 44.2 Å². The van der Waals surface area contributed by atoms with Crippen LogP contribution in [0.5, 0.6) is 0 Å². The maximum atomic E-state index is 11.4. The van der Waals surface area contributed by atoms with Gasteiger partial charge in [0, 0.05) is 25.7 Å². The predicted octanol–water partition coefficient (Wildman–Crippen LogP) is -1.65. The smallest absolute Gasteiger partial charge is 0.139 e. The summed E-state index contributed by atoms with van der Waals surface area (Å²) in [6, 6.07) is 1.39. The Morgan fingerprint density at radius 1 is 1.15 bits per heavy atom. The topological polar surface area (TPSA) is 17.1 Å². The van der Waals surface area contributed by atoms with Gasteiger partial charge in [-0.05, 0) is 0 Å². The molecule has 0 amide bonds. The molecule has 13 heavy (non-hydrogen) atoms. The normalized spacial score (nSPS) is 36.6. The Kier molecular flexibility index (Phi) is 3.38. The van der Waals surface area contributed by atoms with E-state index in [1.54, 1.807) is 0 Å². The lowest BCUT2D eigenvalue weighted by Crippen LogP contribution is -3.00. The number of carbonyl (C=O) groups excluding carboxylic acids is 1. The summed E-state index contributed by atoms with van der Waals surface area (Å²) in [5.74, 6) is 0.494. The van der Waals surface area contributed by atoms with Crippen LogP contribution in [0, 0.1) is 0 Å². The second-order valence-electron chi connectivity index (χ2n) is 4.80. The molecule has 0 N–H and O–H groups in total. The average Bonchev–Trinajstić information content (AvgIpc) is 2.15. The van der Waals surface area contributed by atoms with Gasteiger partial charge in [-0.2, -0.15) is 0 Å². The van der Waals surface area contributed by atoms with Crippen LogP contribution in [0.1, 0.15) is 32.1 Å². The molecule has 0 spiro atoms. The average molecular weight is 295 g/mol. The number of fused-ring (bicyclic) bond motifs is 2. The van der Waals surface area contributed by atoms with Crippen molar-refractivity contribution in [3.63, 3.8) is 0 Å². The van der Waals surface area contributed by atoms with E-state index < -0.39 is 0 Å². The van der Waals surface area contributed by atoms with Crippen molar-refractivity contribution in [3.8, 4) is 0 Å². The van der Waals surface area contributed by atoms with Crippen molar-refractivity contribution in [2.24, 2.45) is 0 Å². The third-order valence-electron chi connectivity index (χ3n) is 3.94. The molecule has 2 aliphatic rings. The van der Waals surface area contributed by atoms with Crippen molar-refractivity contribution >= 4 is 5.78 Å². The lowest BCUT2D eigenvalue weighted by atomic mass is 10.0. The van der Waals surface area contributed by atoms with E-state index in [1.807, 2.05) is 0 Å². The number of rotatable bonds is 0. The molecule has 0 radical (unpaired) electrons. The van der Waals surface area contributed by atoms with Crippen molar-refractivity contribution in [1.82, 2.24) is 0 Å². The number of quaternary nitrogens is 1. The summed E-state index contributed by atoms with van der Waals surface area (Å²) in [4.78, 5) is 11.4. The van der Waals surface area contributed by atoms with Gasteiger partial charge in [-0.25, -0.2) is 0 Å². The Hall–Kier alpha value is 0.360. The number of ketones is 1. The quantitative estimate of drug-likeness (QED) is 0.387. The van der Waals surface area contributed by atoms with Crippen LogP contribution in [0.15, 0.2) is 0 Å². The summed E-state index contributed by atoms with van der Waals surface area (Å²) >= 11 is 0. The Labute approximate surface area is 97.3 Å². The Morgan fingerprint density at radius 3 is 2.46 bits per heavy atom. The van der Waals surface area contributed by atoms with Crippen LogP contribution >= 0.6 is 0 Å².